The van der Waals surface area contributed by atoms with Crippen molar-refractivity contribution in [2.75, 3.05) is 13.7 Å². The fourth-order valence-electron chi connectivity index (χ4n) is 3.22. The Kier molecular flexibility index (Phi) is 7.10. The van der Waals surface area contributed by atoms with Crippen LogP contribution in [0.25, 0.3) is 0 Å². The molecule has 1 saturated carbocycles. The quantitative estimate of drug-likeness (QED) is 0.312. The number of unbranched alkanes of at least 4 members (excludes halogenated alkanes) is 1. The molecule has 1 unspecified atom stereocenters. The summed E-state index contributed by atoms with van der Waals surface area (Å²) >= 11 is 0. The average Bonchev–Trinajstić information content (AvgIpc) is 2.45. The van der Waals surface area contributed by atoms with Crippen molar-refractivity contribution in [1.82, 2.24) is 0 Å². The summed E-state index contributed by atoms with van der Waals surface area (Å²) in [5, 5.41) is 0. The first-order valence-electron chi connectivity index (χ1n) is 8.47. The number of carbonyl (C=O) groups is 3. The molecule has 1 fully saturated rings. The Morgan fingerprint density at radius 1 is 1.26 bits per heavy atom. The van der Waals surface area contributed by atoms with Crippen molar-refractivity contribution in [2.45, 2.75) is 59.8 Å². The van der Waals surface area contributed by atoms with E-state index in [-0.39, 0.29) is 18.0 Å². The Morgan fingerprint density at radius 2 is 1.91 bits per heavy atom. The van der Waals surface area contributed by atoms with Crippen LogP contribution < -0.4 is 0 Å². The Labute approximate surface area is 138 Å². The largest absolute Gasteiger partial charge is 0.468 e. The smallest absolute Gasteiger partial charge is 0.316 e. The van der Waals surface area contributed by atoms with Crippen molar-refractivity contribution >= 4 is 23.2 Å². The highest BCUT2D eigenvalue weighted by molar-refractivity contribution is 6.26. The minimum Gasteiger partial charge on any atom is -0.468 e. The highest BCUT2D eigenvalue weighted by Gasteiger charge is 2.52. The number of ketones is 2. The second-order valence-corrected chi connectivity index (χ2v) is 6.90. The minimum atomic E-state index is -0.900. The van der Waals surface area contributed by atoms with Crippen molar-refractivity contribution < 1.29 is 19.1 Å². The zero-order valence-corrected chi connectivity index (χ0v) is 15.0. The van der Waals surface area contributed by atoms with E-state index in [1.54, 1.807) is 13.8 Å². The van der Waals surface area contributed by atoms with Crippen LogP contribution in [0.4, 0.5) is 0 Å². The van der Waals surface area contributed by atoms with Crippen LogP contribution in [0, 0.1) is 17.3 Å². The highest BCUT2D eigenvalue weighted by atomic mass is 16.5. The van der Waals surface area contributed by atoms with E-state index in [0.29, 0.717) is 18.7 Å². The lowest BCUT2D eigenvalue weighted by Crippen LogP contribution is -2.52. The van der Waals surface area contributed by atoms with Crippen molar-refractivity contribution in [2.24, 2.45) is 22.2 Å². The maximum absolute atomic E-state index is 12.9. The van der Waals surface area contributed by atoms with Crippen LogP contribution in [0.15, 0.2) is 4.99 Å². The molecule has 23 heavy (non-hydrogen) atoms. The van der Waals surface area contributed by atoms with Crippen LogP contribution in [-0.4, -0.2) is 36.9 Å². The predicted octanol–water partition coefficient (Wildman–Crippen LogP) is 3.00. The Bertz CT molecular complexity index is 493. The molecule has 1 rings (SSSR count). The van der Waals surface area contributed by atoms with E-state index >= 15 is 0 Å². The lowest BCUT2D eigenvalue weighted by Gasteiger charge is -2.38. The number of esters is 1. The van der Waals surface area contributed by atoms with Gasteiger partial charge in [-0.1, -0.05) is 40.5 Å². The molecular weight excluding hydrogens is 294 g/mol. The summed E-state index contributed by atoms with van der Waals surface area (Å²) in [5.74, 6) is -2.79. The van der Waals surface area contributed by atoms with E-state index < -0.39 is 23.2 Å². The third-order valence-corrected chi connectivity index (χ3v) is 4.41. The molecule has 1 aliphatic carbocycles. The number of Topliss-reactive ketones (excluding diaryl/α,β-unsaturated/α-hetero) is 2. The van der Waals surface area contributed by atoms with Crippen molar-refractivity contribution in [3.05, 3.63) is 0 Å². The van der Waals surface area contributed by atoms with E-state index in [4.69, 9.17) is 4.74 Å². The summed E-state index contributed by atoms with van der Waals surface area (Å²) in [7, 11) is 1.28. The van der Waals surface area contributed by atoms with Crippen molar-refractivity contribution in [3.8, 4) is 0 Å². The molecule has 0 aromatic carbocycles. The third kappa shape index (κ3) is 4.49. The number of hydrogen-bond donors (Lipinski definition) is 0. The van der Waals surface area contributed by atoms with Gasteiger partial charge in [0.15, 0.2) is 5.78 Å². The molecule has 0 N–H and O–H groups in total. The molecular formula is C18H29NO4. The second-order valence-electron chi connectivity index (χ2n) is 6.90. The zero-order valence-electron chi connectivity index (χ0n) is 15.0. The van der Waals surface area contributed by atoms with Gasteiger partial charge in [0, 0.05) is 18.7 Å². The molecule has 0 radical (unpaired) electrons. The summed E-state index contributed by atoms with van der Waals surface area (Å²) < 4.78 is 4.81. The summed E-state index contributed by atoms with van der Waals surface area (Å²) in [6, 6.07) is 0. The first kappa shape index (κ1) is 19.5. The molecule has 0 heterocycles. The van der Waals surface area contributed by atoms with E-state index in [1.165, 1.54) is 7.11 Å². The van der Waals surface area contributed by atoms with Crippen molar-refractivity contribution in [1.29, 1.82) is 0 Å². The van der Waals surface area contributed by atoms with E-state index in [1.807, 2.05) is 6.92 Å². The summed E-state index contributed by atoms with van der Waals surface area (Å²) in [4.78, 5) is 42.1. The molecule has 0 amide bonds. The van der Waals surface area contributed by atoms with Gasteiger partial charge in [0.2, 0.25) is 0 Å². The first-order chi connectivity index (χ1) is 10.8. The minimum absolute atomic E-state index is 0.121. The average molecular weight is 323 g/mol. The fraction of sp³-hybridized carbons (Fsp3) is 0.778. The van der Waals surface area contributed by atoms with Crippen LogP contribution in [-0.2, 0) is 19.1 Å². The maximum Gasteiger partial charge on any atom is 0.316 e. The molecule has 0 spiro atoms. The number of nitrogens with zero attached hydrogens (tertiary/aromatic N) is 1. The number of ether oxygens (including phenoxy) is 1. The standard InChI is InChI=1S/C18H29NO4/c1-6-8-10-19-12(9-7-2)14-13(20)11-18(3,4)15(16(14)21)17(22)23-5/h14-15H,6-11H2,1-5H3/t14?,15-/m1/s1. The Balaban J connectivity index is 3.17. The molecule has 0 bridgehead atoms. The van der Waals surface area contributed by atoms with E-state index in [2.05, 4.69) is 11.9 Å². The van der Waals surface area contributed by atoms with E-state index in [9.17, 15) is 14.4 Å². The van der Waals surface area contributed by atoms with Gasteiger partial charge in [0.25, 0.3) is 0 Å². The third-order valence-electron chi connectivity index (χ3n) is 4.41. The monoisotopic (exact) mass is 323 g/mol. The SMILES string of the molecule is CCCCN=C(CCC)C1C(=O)CC(C)(C)[C@@H](C(=O)OC)C1=O. The maximum atomic E-state index is 12.9. The van der Waals surface area contributed by atoms with Gasteiger partial charge < -0.3 is 4.74 Å². The molecule has 5 heteroatoms. The summed E-state index contributed by atoms with van der Waals surface area (Å²) in [5.41, 5.74) is -0.0706. The van der Waals surface area contributed by atoms with Gasteiger partial charge in [-0.2, -0.15) is 0 Å². The highest BCUT2D eigenvalue weighted by Crippen LogP contribution is 2.40. The van der Waals surface area contributed by atoms with Gasteiger partial charge >= 0.3 is 5.97 Å². The van der Waals surface area contributed by atoms with Gasteiger partial charge in [-0.3, -0.25) is 19.4 Å². The summed E-state index contributed by atoms with van der Waals surface area (Å²) in [6.07, 6.45) is 3.55. The van der Waals surface area contributed by atoms with Crippen LogP contribution in [0.2, 0.25) is 0 Å². The number of methoxy groups -OCH3 is 1. The number of aliphatic imine (C=N–C) groups is 1. The molecule has 130 valence electrons. The van der Waals surface area contributed by atoms with Crippen LogP contribution >= 0.6 is 0 Å². The lowest BCUT2D eigenvalue weighted by molar-refractivity contribution is -0.159. The topological polar surface area (TPSA) is 72.8 Å². The van der Waals surface area contributed by atoms with Crippen LogP contribution in [0.3, 0.4) is 0 Å². The van der Waals surface area contributed by atoms with Gasteiger partial charge in [-0.25, -0.2) is 0 Å². The molecule has 5 nitrogen and oxygen atoms in total. The Hall–Kier alpha value is -1.52. The van der Waals surface area contributed by atoms with Gasteiger partial charge in [0.05, 0.1) is 7.11 Å². The molecule has 0 aromatic rings. The number of carbonyl (C=O) groups excluding carboxylic acids is 3. The van der Waals surface area contributed by atoms with Gasteiger partial charge in [-0.15, -0.1) is 0 Å². The van der Waals surface area contributed by atoms with E-state index in [0.717, 1.165) is 19.3 Å². The predicted molar refractivity (Wildman–Crippen MR) is 89.5 cm³/mol. The molecule has 2 atom stereocenters. The molecule has 0 saturated heterocycles. The molecule has 1 aliphatic rings. The molecule has 0 aliphatic heterocycles. The van der Waals surface area contributed by atoms with Crippen LogP contribution in [0.1, 0.15) is 59.8 Å². The fourth-order valence-corrected chi connectivity index (χ4v) is 3.22. The van der Waals surface area contributed by atoms with Crippen LogP contribution in [0.5, 0.6) is 0 Å². The van der Waals surface area contributed by atoms with Gasteiger partial charge in [0.1, 0.15) is 17.6 Å². The Morgan fingerprint density at radius 3 is 2.43 bits per heavy atom. The molecule has 0 aromatic heterocycles. The number of hydrogen-bond acceptors (Lipinski definition) is 5. The van der Waals surface area contributed by atoms with Crippen molar-refractivity contribution in [3.63, 3.8) is 0 Å². The normalized spacial score (nSPS) is 24.7. The number of rotatable bonds is 7. The first-order valence-corrected chi connectivity index (χ1v) is 8.47. The second kappa shape index (κ2) is 8.37. The summed E-state index contributed by atoms with van der Waals surface area (Å²) in [6.45, 7) is 8.23. The lowest BCUT2D eigenvalue weighted by atomic mass is 9.63. The van der Waals surface area contributed by atoms with Gasteiger partial charge in [-0.05, 0) is 18.3 Å². The zero-order chi connectivity index (χ0) is 17.6.